The number of aromatic nitrogens is 1. The quantitative estimate of drug-likeness (QED) is 0.446. The molecule has 6 nitrogen and oxygen atoms in total. The number of likely N-dealkylation sites (tertiary alicyclic amines) is 1. The maximum absolute atomic E-state index is 13.3. The summed E-state index contributed by atoms with van der Waals surface area (Å²) >= 11 is 0. The van der Waals surface area contributed by atoms with Crippen LogP contribution in [0.25, 0.3) is 10.9 Å². The van der Waals surface area contributed by atoms with E-state index in [1.165, 1.54) is 51.4 Å². The van der Waals surface area contributed by atoms with Gasteiger partial charge in [-0.3, -0.25) is 14.4 Å². The lowest BCUT2D eigenvalue weighted by Crippen LogP contribution is -2.39. The SMILES string of the molecule is O=C(NC1CCCCCCCCCCC1)C(=O)c1cn(CC(=O)N2CCCCC2)c2ccccc12. The van der Waals surface area contributed by atoms with Gasteiger partial charge in [0.05, 0.1) is 5.56 Å². The average Bonchev–Trinajstić information content (AvgIpc) is 3.24. The molecular formula is C29H41N3O3. The van der Waals surface area contributed by atoms with Gasteiger partial charge in [-0.15, -0.1) is 0 Å². The lowest BCUT2D eigenvalue weighted by Gasteiger charge is -2.27. The summed E-state index contributed by atoms with van der Waals surface area (Å²) < 4.78 is 1.84. The Bertz CT molecular complexity index is 994. The molecular weight excluding hydrogens is 438 g/mol. The first-order chi connectivity index (χ1) is 17.1. The Morgan fingerprint density at radius 1 is 0.771 bits per heavy atom. The van der Waals surface area contributed by atoms with E-state index in [0.29, 0.717) is 5.56 Å². The van der Waals surface area contributed by atoms with Crippen molar-refractivity contribution in [2.75, 3.05) is 13.1 Å². The zero-order valence-electron chi connectivity index (χ0n) is 21.1. The standard InChI is InChI=1S/C29H41N3O3/c33-27(31-19-13-8-14-20-31)22-32-21-25(24-17-11-12-18-26(24)32)28(34)29(35)30-23-15-9-6-4-2-1-3-5-7-10-16-23/h11-12,17-18,21,23H,1-10,13-16,19-20,22H2,(H,30,35). The maximum atomic E-state index is 13.3. The van der Waals surface area contributed by atoms with E-state index in [0.717, 1.165) is 62.5 Å². The van der Waals surface area contributed by atoms with Gasteiger partial charge in [0.25, 0.3) is 11.7 Å². The second-order valence-corrected chi connectivity index (χ2v) is 10.4. The van der Waals surface area contributed by atoms with Crippen molar-refractivity contribution in [1.82, 2.24) is 14.8 Å². The molecule has 1 aromatic carbocycles. The minimum absolute atomic E-state index is 0.0555. The molecule has 1 N–H and O–H groups in total. The number of amides is 2. The first-order valence-electron chi connectivity index (χ1n) is 13.8. The number of hydrogen-bond donors (Lipinski definition) is 1. The Kier molecular flexibility index (Phi) is 9.38. The molecule has 4 rings (SSSR count). The van der Waals surface area contributed by atoms with Crippen molar-refractivity contribution in [1.29, 1.82) is 0 Å². The molecule has 0 spiro atoms. The van der Waals surface area contributed by atoms with Crippen molar-refractivity contribution in [3.63, 3.8) is 0 Å². The monoisotopic (exact) mass is 479 g/mol. The number of para-hydroxylation sites is 1. The van der Waals surface area contributed by atoms with E-state index in [-0.39, 0.29) is 18.5 Å². The Morgan fingerprint density at radius 3 is 2.00 bits per heavy atom. The second-order valence-electron chi connectivity index (χ2n) is 10.4. The van der Waals surface area contributed by atoms with Crippen molar-refractivity contribution in [3.05, 3.63) is 36.0 Å². The third-order valence-corrected chi connectivity index (χ3v) is 7.69. The molecule has 1 saturated heterocycles. The van der Waals surface area contributed by atoms with Gasteiger partial charge in [0.2, 0.25) is 5.91 Å². The molecule has 2 heterocycles. The second kappa shape index (κ2) is 12.9. The molecule has 190 valence electrons. The molecule has 0 radical (unpaired) electrons. The zero-order valence-corrected chi connectivity index (χ0v) is 21.1. The number of nitrogens with one attached hydrogen (secondary N) is 1. The van der Waals surface area contributed by atoms with Crippen LogP contribution in [0.5, 0.6) is 0 Å². The minimum atomic E-state index is -0.521. The van der Waals surface area contributed by atoms with Gasteiger partial charge in [0.1, 0.15) is 6.54 Å². The highest BCUT2D eigenvalue weighted by Crippen LogP contribution is 2.23. The summed E-state index contributed by atoms with van der Waals surface area (Å²) in [6.45, 7) is 1.79. The molecule has 0 bridgehead atoms. The van der Waals surface area contributed by atoms with Crippen LogP contribution in [0.4, 0.5) is 0 Å². The van der Waals surface area contributed by atoms with Crippen molar-refractivity contribution in [3.8, 4) is 0 Å². The van der Waals surface area contributed by atoms with Crippen molar-refractivity contribution in [2.45, 2.75) is 102 Å². The molecule has 1 aliphatic heterocycles. The van der Waals surface area contributed by atoms with Gasteiger partial charge in [0.15, 0.2) is 0 Å². The molecule has 35 heavy (non-hydrogen) atoms. The number of hydrogen-bond acceptors (Lipinski definition) is 3. The predicted octanol–water partition coefficient (Wildman–Crippen LogP) is 5.63. The summed E-state index contributed by atoms with van der Waals surface area (Å²) in [7, 11) is 0. The number of ketones is 1. The smallest absolute Gasteiger partial charge is 0.292 e. The summed E-state index contributed by atoms with van der Waals surface area (Å²) in [6, 6.07) is 7.62. The molecule has 2 aliphatic rings. The average molecular weight is 480 g/mol. The highest BCUT2D eigenvalue weighted by atomic mass is 16.2. The third kappa shape index (κ3) is 6.96. The molecule has 0 unspecified atom stereocenters. The molecule has 2 fully saturated rings. The van der Waals surface area contributed by atoms with Crippen molar-refractivity contribution in [2.24, 2.45) is 0 Å². The van der Waals surface area contributed by atoms with Gasteiger partial charge in [0, 0.05) is 36.2 Å². The molecule has 2 aromatic rings. The van der Waals surface area contributed by atoms with Crippen LogP contribution in [0.15, 0.2) is 30.5 Å². The van der Waals surface area contributed by atoms with E-state index in [4.69, 9.17) is 0 Å². The fourth-order valence-corrected chi connectivity index (χ4v) is 5.63. The fourth-order valence-electron chi connectivity index (χ4n) is 5.63. The van der Waals surface area contributed by atoms with Crippen molar-refractivity contribution >= 4 is 28.5 Å². The topological polar surface area (TPSA) is 71.4 Å². The first kappa shape index (κ1) is 25.5. The highest BCUT2D eigenvalue weighted by Gasteiger charge is 2.25. The molecule has 2 amide bonds. The van der Waals surface area contributed by atoms with E-state index in [2.05, 4.69) is 5.32 Å². The van der Waals surface area contributed by atoms with E-state index in [9.17, 15) is 14.4 Å². The minimum Gasteiger partial charge on any atom is -0.346 e. The van der Waals surface area contributed by atoms with E-state index in [1.54, 1.807) is 6.20 Å². The van der Waals surface area contributed by atoms with Crippen LogP contribution in [-0.4, -0.2) is 46.2 Å². The van der Waals surface area contributed by atoms with Gasteiger partial charge in [-0.1, -0.05) is 76.0 Å². The summed E-state index contributed by atoms with van der Waals surface area (Å²) in [5.41, 5.74) is 1.21. The summed E-state index contributed by atoms with van der Waals surface area (Å²) in [5.74, 6) is -0.953. The Balaban J connectivity index is 1.45. The highest BCUT2D eigenvalue weighted by molar-refractivity contribution is 6.45. The Labute approximate surface area is 209 Å². The number of nitrogens with zero attached hydrogens (tertiary/aromatic N) is 2. The summed E-state index contributed by atoms with van der Waals surface area (Å²) in [6.07, 6.45) is 17.9. The largest absolute Gasteiger partial charge is 0.346 e. The summed E-state index contributed by atoms with van der Waals surface area (Å²) in [5, 5.41) is 3.80. The van der Waals surface area contributed by atoms with E-state index >= 15 is 0 Å². The Morgan fingerprint density at radius 2 is 1.34 bits per heavy atom. The lowest BCUT2D eigenvalue weighted by molar-refractivity contribution is -0.132. The number of piperidine rings is 1. The normalized spacial score (nSPS) is 19.0. The van der Waals surface area contributed by atoms with Crippen LogP contribution in [0.3, 0.4) is 0 Å². The van der Waals surface area contributed by atoms with Gasteiger partial charge in [-0.25, -0.2) is 0 Å². The molecule has 1 aliphatic carbocycles. The van der Waals surface area contributed by atoms with Crippen molar-refractivity contribution < 1.29 is 14.4 Å². The van der Waals surface area contributed by atoms with Crippen LogP contribution in [-0.2, 0) is 16.1 Å². The number of carbonyl (C=O) groups is 3. The summed E-state index contributed by atoms with van der Waals surface area (Å²) in [4.78, 5) is 41.2. The van der Waals surface area contributed by atoms with Crippen LogP contribution < -0.4 is 5.32 Å². The lowest BCUT2D eigenvalue weighted by atomic mass is 9.97. The molecule has 1 saturated carbocycles. The van der Waals surface area contributed by atoms with Gasteiger partial charge in [-0.2, -0.15) is 0 Å². The molecule has 6 heteroatoms. The maximum Gasteiger partial charge on any atom is 0.292 e. The van der Waals surface area contributed by atoms with E-state index < -0.39 is 11.7 Å². The number of benzene rings is 1. The zero-order chi connectivity index (χ0) is 24.5. The van der Waals surface area contributed by atoms with Crippen LogP contribution >= 0.6 is 0 Å². The van der Waals surface area contributed by atoms with Gasteiger partial charge >= 0.3 is 0 Å². The number of Topliss-reactive ketones (excluding diaryl/α,β-unsaturated/α-hetero) is 1. The van der Waals surface area contributed by atoms with Crippen LogP contribution in [0.1, 0.15) is 100 Å². The van der Waals surface area contributed by atoms with Crippen LogP contribution in [0.2, 0.25) is 0 Å². The predicted molar refractivity (Wildman–Crippen MR) is 139 cm³/mol. The third-order valence-electron chi connectivity index (χ3n) is 7.69. The molecule has 0 atom stereocenters. The number of fused-ring (bicyclic) bond motifs is 1. The van der Waals surface area contributed by atoms with Crippen LogP contribution in [0, 0.1) is 0 Å². The number of rotatable bonds is 5. The van der Waals surface area contributed by atoms with Gasteiger partial charge in [-0.05, 0) is 38.2 Å². The fraction of sp³-hybridized carbons (Fsp3) is 0.621. The molecule has 1 aromatic heterocycles. The number of carbonyl (C=O) groups excluding carboxylic acids is 3. The van der Waals surface area contributed by atoms with E-state index in [1.807, 2.05) is 33.7 Å². The van der Waals surface area contributed by atoms with Gasteiger partial charge < -0.3 is 14.8 Å². The Hall–Kier alpha value is -2.63. The first-order valence-corrected chi connectivity index (χ1v) is 13.8.